The zero-order chi connectivity index (χ0) is 53.0. The van der Waals surface area contributed by atoms with Crippen molar-refractivity contribution in [2.24, 2.45) is 0 Å². The van der Waals surface area contributed by atoms with Crippen molar-refractivity contribution in [1.82, 2.24) is 13.5 Å². The van der Waals surface area contributed by atoms with Gasteiger partial charge in [0.1, 0.15) is 0 Å². The Kier molecular flexibility index (Phi) is 4.51. The minimum absolute atomic E-state index is 0.0373. The number of aromatic nitrogens is 3. The zero-order valence-electron chi connectivity index (χ0n) is 47.2. The standard InChI is InChI=1S/C58H39N3/c1-5-13-52-43(9-1)44-10-2-6-14-53(44)59(52)41-27-29-56-48(34-41)50-32-40(47-31-38-22-21-36-17-19-37(20-18-36)23-25-39(47)26-24-38)33-51-49-35-42(28-30-57(49)61(56)58(50)51)60-54-15-7-3-11-45(54)46-12-4-8-16-55(46)60/h1-20,24,26-35H,21-23,25H2/i17D,18D,19D,20D,21D2,22D2,23D2,24D,25D2,26D,31D. The summed E-state index contributed by atoms with van der Waals surface area (Å²) < 4.78 is 147. The molecule has 0 radical (unpaired) electrons. The van der Waals surface area contributed by atoms with Gasteiger partial charge in [0.05, 0.1) is 48.2 Å². The molecule has 3 nitrogen and oxygen atoms in total. The second-order valence-corrected chi connectivity index (χ2v) is 15.6. The summed E-state index contributed by atoms with van der Waals surface area (Å²) in [5.74, 6) is 0. The van der Waals surface area contributed by atoms with E-state index in [2.05, 4.69) is 86.3 Å². The van der Waals surface area contributed by atoms with Crippen LogP contribution < -0.4 is 0 Å². The van der Waals surface area contributed by atoms with Gasteiger partial charge < -0.3 is 13.5 Å². The first-order valence-electron chi connectivity index (χ1n) is 27.7. The summed E-state index contributed by atoms with van der Waals surface area (Å²) in [5.41, 5.74) is 3.32. The molecule has 0 atom stereocenters. The lowest BCUT2D eigenvalue weighted by molar-refractivity contribution is 0.923. The van der Waals surface area contributed by atoms with Crippen molar-refractivity contribution in [1.29, 1.82) is 0 Å². The Morgan fingerprint density at radius 3 is 1.30 bits per heavy atom. The molecule has 0 N–H and O–H groups in total. The summed E-state index contributed by atoms with van der Waals surface area (Å²) >= 11 is 0. The minimum atomic E-state index is -3.53. The first-order chi connectivity index (χ1) is 36.2. The lowest BCUT2D eigenvalue weighted by Gasteiger charge is -2.15. The van der Waals surface area contributed by atoms with Crippen molar-refractivity contribution >= 4 is 81.7 Å². The Hall–Kier alpha value is -7.62. The number of hydrogen-bond donors (Lipinski definition) is 0. The van der Waals surface area contributed by atoms with Crippen LogP contribution in [0.4, 0.5) is 0 Å². The first-order valence-corrected chi connectivity index (χ1v) is 20.2. The average Bonchev–Trinajstić information content (AvgIpc) is 4.23. The van der Waals surface area contributed by atoms with Crippen LogP contribution in [0.1, 0.15) is 42.8 Å². The van der Waals surface area contributed by atoms with Crippen molar-refractivity contribution in [3.05, 3.63) is 210 Å². The maximum atomic E-state index is 10.0. The van der Waals surface area contributed by atoms with Crippen molar-refractivity contribution in [3.63, 3.8) is 0 Å². The molecule has 0 unspecified atom stereocenters. The van der Waals surface area contributed by atoms with Crippen LogP contribution in [0.3, 0.4) is 0 Å². The summed E-state index contributed by atoms with van der Waals surface area (Å²) in [5, 5.41) is 6.87. The Morgan fingerprint density at radius 2 is 0.803 bits per heavy atom. The fourth-order valence-corrected chi connectivity index (χ4v) is 9.82. The van der Waals surface area contributed by atoms with Gasteiger partial charge in [-0.1, -0.05) is 115 Å². The molecule has 0 amide bonds. The fraction of sp³-hybridized carbons (Fsp3) is 0.0690. The lowest BCUT2D eigenvalue weighted by Crippen LogP contribution is -2.00. The number of fused-ring (bicyclic) bond motifs is 12. The molecule has 0 saturated heterocycles. The molecule has 0 spiro atoms. The summed E-state index contributed by atoms with van der Waals surface area (Å²) in [4.78, 5) is 0. The molecule has 13 aromatic rings. The van der Waals surface area contributed by atoms with Gasteiger partial charge in [-0.05, 0) is 132 Å². The maximum Gasteiger partial charge on any atom is 0.0632 e. The Morgan fingerprint density at radius 1 is 0.377 bits per heavy atom. The number of rotatable bonds is 3. The van der Waals surface area contributed by atoms with Crippen LogP contribution in [-0.4, -0.2) is 13.5 Å². The van der Waals surface area contributed by atoms with Crippen molar-refractivity contribution in [2.45, 2.75) is 25.5 Å². The largest absolute Gasteiger partial charge is 0.309 e. The van der Waals surface area contributed by atoms with Gasteiger partial charge in [0.15, 0.2) is 0 Å². The molecule has 0 fully saturated rings. The smallest absolute Gasteiger partial charge is 0.0632 e. The minimum Gasteiger partial charge on any atom is -0.309 e. The molecule has 4 heterocycles. The van der Waals surface area contributed by atoms with Crippen LogP contribution in [-0.2, 0) is 25.5 Å². The van der Waals surface area contributed by atoms with Crippen LogP contribution in [0.15, 0.2) is 188 Å². The predicted molar refractivity (Wildman–Crippen MR) is 256 cm³/mol. The number of benzene rings is 9. The molecule has 3 heteroatoms. The molecule has 0 aliphatic heterocycles. The van der Waals surface area contributed by atoms with Crippen LogP contribution >= 0.6 is 0 Å². The highest BCUT2D eigenvalue weighted by atomic mass is 15.0. The van der Waals surface area contributed by atoms with Gasteiger partial charge in [0, 0.05) is 65.4 Å². The van der Waals surface area contributed by atoms with E-state index in [0.717, 1.165) is 82.3 Å². The Balaban J connectivity index is 1.14. The monoisotopic (exact) mass is 792 g/mol. The van der Waals surface area contributed by atoms with Crippen LogP contribution in [0.25, 0.3) is 104 Å². The topological polar surface area (TPSA) is 14.3 Å². The van der Waals surface area contributed by atoms with Gasteiger partial charge in [-0.2, -0.15) is 0 Å². The van der Waals surface area contributed by atoms with Gasteiger partial charge in [0.2, 0.25) is 0 Å². The van der Waals surface area contributed by atoms with Gasteiger partial charge in [-0.25, -0.2) is 0 Å². The quantitative estimate of drug-likeness (QED) is 0.169. The van der Waals surface area contributed by atoms with E-state index in [9.17, 15) is 15.1 Å². The highest BCUT2D eigenvalue weighted by Crippen LogP contribution is 2.45. The van der Waals surface area contributed by atoms with E-state index in [1.165, 1.54) is 0 Å². The van der Waals surface area contributed by atoms with E-state index in [0.29, 0.717) is 10.8 Å². The highest BCUT2D eigenvalue weighted by molar-refractivity contribution is 6.25. The van der Waals surface area contributed by atoms with E-state index >= 15 is 0 Å². The van der Waals surface area contributed by atoms with E-state index in [1.807, 2.05) is 60.7 Å². The van der Waals surface area contributed by atoms with E-state index < -0.39 is 95.6 Å². The van der Waals surface area contributed by atoms with Gasteiger partial charge in [-0.15, -0.1) is 0 Å². The Bertz CT molecular complexity index is 4420. The fourth-order valence-electron chi connectivity index (χ4n) is 9.82. The van der Waals surface area contributed by atoms with Crippen LogP contribution in [0, 0.1) is 0 Å². The van der Waals surface area contributed by atoms with E-state index in [-0.39, 0.29) is 5.56 Å². The second kappa shape index (κ2) is 12.5. The summed E-state index contributed by atoms with van der Waals surface area (Å²) in [6, 6.07) is 40.6. The summed E-state index contributed by atoms with van der Waals surface area (Å²) in [6.45, 7) is 0. The molecule has 0 saturated carbocycles. The van der Waals surface area contributed by atoms with Crippen molar-refractivity contribution < 1.29 is 20.6 Å². The molecule has 61 heavy (non-hydrogen) atoms. The molecule has 286 valence electrons. The third-order valence-electron chi connectivity index (χ3n) is 12.4. The lowest BCUT2D eigenvalue weighted by atomic mass is 9.89. The van der Waals surface area contributed by atoms with Gasteiger partial charge >= 0.3 is 0 Å². The van der Waals surface area contributed by atoms with E-state index in [4.69, 9.17) is 5.48 Å². The maximum absolute atomic E-state index is 10.0. The zero-order valence-corrected chi connectivity index (χ0v) is 32.2. The average molecular weight is 793 g/mol. The first kappa shape index (κ1) is 22.1. The molecular weight excluding hydrogens is 739 g/mol. The van der Waals surface area contributed by atoms with Crippen LogP contribution in [0.2, 0.25) is 0 Å². The van der Waals surface area contributed by atoms with Gasteiger partial charge in [-0.3, -0.25) is 0 Å². The van der Waals surface area contributed by atoms with Gasteiger partial charge in [0.25, 0.3) is 0 Å². The summed E-state index contributed by atoms with van der Waals surface area (Å²) in [6.07, 6.45) is -14.1. The van der Waals surface area contributed by atoms with Crippen molar-refractivity contribution in [3.8, 4) is 22.5 Å². The van der Waals surface area contributed by atoms with Crippen LogP contribution in [0.5, 0.6) is 0 Å². The molecule has 4 bridgehead atoms. The molecular formula is C58H39N3. The molecule has 4 aliphatic rings. The second-order valence-electron chi connectivity index (χ2n) is 15.6. The predicted octanol–water partition coefficient (Wildman–Crippen LogP) is 14.6. The normalized spacial score (nSPS) is 20.2. The van der Waals surface area contributed by atoms with Crippen molar-refractivity contribution in [2.75, 3.05) is 0 Å². The van der Waals surface area contributed by atoms with E-state index in [1.54, 1.807) is 12.1 Å². The number of hydrogen-bond acceptors (Lipinski definition) is 0. The third-order valence-corrected chi connectivity index (χ3v) is 12.4. The Labute approximate surface area is 373 Å². The number of para-hydroxylation sites is 4. The molecule has 4 aliphatic carbocycles. The highest BCUT2D eigenvalue weighted by Gasteiger charge is 2.23. The molecule has 17 rings (SSSR count). The molecule has 4 aromatic heterocycles. The third kappa shape index (κ3) is 4.75. The SMILES string of the molecule is [2H]c1c([2H])c2c([2H])c([2H])c1C([2H])([2H])C([2H])([2H])c1c([2H])c([2H])c(c(-c3cc4c5cc(-n6c7ccccc7c7ccccc76)ccc5n5c6ccc(-n7c8ccccc8c8ccccc87)cc6c(c3)c45)c1[2H])C([2H])([2H])C2([2H])[2H]. The summed E-state index contributed by atoms with van der Waals surface area (Å²) in [7, 11) is 0. The number of nitrogens with zero attached hydrogens (tertiary/aromatic N) is 3. The molecule has 9 aromatic carbocycles.